The monoisotopic (exact) mass is 778 g/mol. The molecule has 10 N–H and O–H groups in total. The summed E-state index contributed by atoms with van der Waals surface area (Å²) in [6.07, 6.45) is 0. The van der Waals surface area contributed by atoms with Gasteiger partial charge in [-0.25, -0.2) is 0 Å². The van der Waals surface area contributed by atoms with Gasteiger partial charge in [-0.15, -0.1) is 0 Å². The quantitative estimate of drug-likeness (QED) is 0.228. The molecule has 0 aromatic carbocycles. The van der Waals surface area contributed by atoms with E-state index in [1.807, 2.05) is 0 Å². The molecule has 0 aliphatic heterocycles. The minimum absolute atomic E-state index is 0. The summed E-state index contributed by atoms with van der Waals surface area (Å²) >= 11 is 10.2. The Hall–Kier alpha value is 3.59. The zero-order valence-electron chi connectivity index (χ0n) is 4.51. The van der Waals surface area contributed by atoms with E-state index in [2.05, 4.69) is 72.5 Å². The van der Waals surface area contributed by atoms with E-state index in [0.717, 1.165) is 0 Å². The molecule has 10 heteroatoms. The fraction of sp³-hybridized carbons (Fsp3) is 0. The third-order valence-corrected chi connectivity index (χ3v) is 0. The standard InChI is InChI=1S/Hf.4HI.5H2O/h;4*1H;5*1H2/q+4;;;;;;;;;/p-4. The van der Waals surface area contributed by atoms with Crippen molar-refractivity contribution in [1.29, 1.82) is 0 Å². The summed E-state index contributed by atoms with van der Waals surface area (Å²) in [5.41, 5.74) is 0. The average Bonchev–Trinajstić information content (AvgIpc) is 0.722. The first-order valence-electron chi connectivity index (χ1n) is 0.756. The first-order chi connectivity index (χ1) is 2.00. The van der Waals surface area contributed by atoms with Crippen molar-refractivity contribution in [3.8, 4) is 0 Å². The van der Waals surface area contributed by atoms with Crippen molar-refractivity contribution in [2.75, 3.05) is 0 Å². The predicted octanol–water partition coefficient (Wildman–Crippen LogP) is -0.583. The molecule has 0 aliphatic carbocycles. The first kappa shape index (κ1) is 37.4. The van der Waals surface area contributed by atoms with Crippen LogP contribution in [0.2, 0.25) is 0 Å². The number of halogens is 4. The Morgan fingerprint density at radius 3 is 0.500 bits per heavy atom. The Morgan fingerprint density at radius 1 is 0.500 bits per heavy atom. The molecule has 0 radical (unpaired) electrons. The van der Waals surface area contributed by atoms with Crippen LogP contribution in [0.5, 0.6) is 0 Å². The van der Waals surface area contributed by atoms with Gasteiger partial charge in [-0.2, -0.15) is 0 Å². The van der Waals surface area contributed by atoms with Crippen LogP contribution in [-0.4, -0.2) is 27.4 Å². The molecule has 0 saturated heterocycles. The van der Waals surface area contributed by atoms with E-state index in [1.165, 1.54) is 0 Å². The van der Waals surface area contributed by atoms with Gasteiger partial charge >= 0.3 is 75.9 Å². The van der Waals surface area contributed by atoms with Gasteiger partial charge in [-0.05, 0) is 0 Å². The first-order valence-corrected chi connectivity index (χ1v) is 41.5. The van der Waals surface area contributed by atoms with Crippen molar-refractivity contribution in [1.82, 2.24) is 0 Å². The van der Waals surface area contributed by atoms with E-state index in [-0.39, 0.29) is 27.4 Å². The summed E-state index contributed by atoms with van der Waals surface area (Å²) < 4.78 is -1.40. The summed E-state index contributed by atoms with van der Waals surface area (Å²) in [6, 6.07) is 0. The molecule has 0 heterocycles. The van der Waals surface area contributed by atoms with Gasteiger partial charge in [0.2, 0.25) is 0 Å². The van der Waals surface area contributed by atoms with Crippen molar-refractivity contribution < 1.29 is 30.7 Å². The second kappa shape index (κ2) is 18.4. The third kappa shape index (κ3) is 101. The van der Waals surface area contributed by atoms with Crippen LogP contribution >= 0.6 is 72.5 Å². The Kier molecular flexibility index (Phi) is 68.8. The maximum atomic E-state index is 2.56. The van der Waals surface area contributed by atoms with Crippen LogP contribution in [0, 0.1) is 0 Å². The van der Waals surface area contributed by atoms with Gasteiger partial charge in [-0.1, -0.05) is 0 Å². The van der Waals surface area contributed by atoms with Crippen LogP contribution in [0.25, 0.3) is 0 Å². The van der Waals surface area contributed by atoms with Crippen LogP contribution in [-0.2, 0) is 3.35 Å². The number of hydrogen-bond acceptors (Lipinski definition) is 0. The van der Waals surface area contributed by atoms with E-state index >= 15 is 0 Å². The molecule has 0 bridgehead atoms. The molecule has 72 valence electrons. The van der Waals surface area contributed by atoms with Crippen molar-refractivity contribution >= 4 is 72.5 Å². The molecule has 5 nitrogen and oxygen atoms in total. The molecule has 10 heavy (non-hydrogen) atoms. The molecular formula is H10HfI4O5. The summed E-state index contributed by atoms with van der Waals surface area (Å²) in [6.45, 7) is 0. The molecule has 0 aromatic rings. The van der Waals surface area contributed by atoms with Crippen LogP contribution in [0.3, 0.4) is 0 Å². The molecule has 0 aromatic heterocycles. The summed E-state index contributed by atoms with van der Waals surface area (Å²) in [5, 5.41) is 0. The molecule has 0 fully saturated rings. The molecule has 0 rings (SSSR count). The fourth-order valence-electron chi connectivity index (χ4n) is 0. The topological polar surface area (TPSA) is 158 Å². The van der Waals surface area contributed by atoms with E-state index < -0.39 is 3.35 Å². The fourth-order valence-corrected chi connectivity index (χ4v) is 0. The molecule has 0 unspecified atom stereocenters. The van der Waals surface area contributed by atoms with Gasteiger partial charge < -0.3 is 27.4 Å². The SMILES string of the molecule is O.O.O.O.O.[I][Hf]([I])([I])[I]. The van der Waals surface area contributed by atoms with Gasteiger partial charge in [-0.3, -0.25) is 0 Å². The van der Waals surface area contributed by atoms with Crippen LogP contribution in [0.15, 0.2) is 0 Å². The molecular weight excluding hydrogens is 766 g/mol. The Labute approximate surface area is 100 Å². The van der Waals surface area contributed by atoms with Crippen molar-refractivity contribution in [2.45, 2.75) is 0 Å². The Morgan fingerprint density at radius 2 is 0.500 bits per heavy atom. The Bertz CT molecular complexity index is 29.1. The van der Waals surface area contributed by atoms with Gasteiger partial charge in [0, 0.05) is 0 Å². The predicted molar refractivity (Wildman–Crippen MR) is 74.1 cm³/mol. The normalized spacial score (nSPS) is 6.00. The van der Waals surface area contributed by atoms with Gasteiger partial charge in [0.15, 0.2) is 0 Å². The summed E-state index contributed by atoms with van der Waals surface area (Å²) in [4.78, 5) is 0. The maximum absolute atomic E-state index is 2.56. The van der Waals surface area contributed by atoms with Gasteiger partial charge in [0.05, 0.1) is 0 Å². The number of hydrogen-bond donors (Lipinski definition) is 0. The van der Waals surface area contributed by atoms with Gasteiger partial charge in [0.1, 0.15) is 0 Å². The van der Waals surface area contributed by atoms with E-state index in [0.29, 0.717) is 0 Å². The second-order valence-corrected chi connectivity index (χ2v) is 158. The molecule has 0 saturated carbocycles. The number of rotatable bonds is 0. The Balaban J connectivity index is -0.00000000800. The minimum atomic E-state index is -1.40. The summed E-state index contributed by atoms with van der Waals surface area (Å²) in [5.74, 6) is 0. The van der Waals surface area contributed by atoms with Crippen molar-refractivity contribution in [2.24, 2.45) is 0 Å². The summed E-state index contributed by atoms with van der Waals surface area (Å²) in [7, 11) is 0. The average molecular weight is 776 g/mol. The van der Waals surface area contributed by atoms with Crippen molar-refractivity contribution in [3.63, 3.8) is 0 Å². The van der Waals surface area contributed by atoms with Crippen LogP contribution in [0.4, 0.5) is 0 Å². The zero-order valence-corrected chi connectivity index (χ0v) is 16.7. The van der Waals surface area contributed by atoms with E-state index in [1.54, 1.807) is 0 Å². The molecule has 0 spiro atoms. The van der Waals surface area contributed by atoms with Crippen molar-refractivity contribution in [3.05, 3.63) is 0 Å². The van der Waals surface area contributed by atoms with E-state index in [4.69, 9.17) is 0 Å². The van der Waals surface area contributed by atoms with Crippen LogP contribution in [0.1, 0.15) is 0 Å². The third-order valence-electron chi connectivity index (χ3n) is 0. The molecule has 0 atom stereocenters. The molecule has 0 amide bonds. The molecule has 0 aliphatic rings. The second-order valence-electron chi connectivity index (χ2n) is 0.429. The van der Waals surface area contributed by atoms with Gasteiger partial charge in [0.25, 0.3) is 0 Å². The van der Waals surface area contributed by atoms with Crippen LogP contribution < -0.4 is 0 Å². The van der Waals surface area contributed by atoms with E-state index in [9.17, 15) is 0 Å². The zero-order chi connectivity index (χ0) is 4.50.